The van der Waals surface area contributed by atoms with Gasteiger partial charge in [-0.1, -0.05) is 0 Å². The third-order valence-corrected chi connectivity index (χ3v) is 13.2. The van der Waals surface area contributed by atoms with E-state index in [0.717, 1.165) is 47.9 Å². The van der Waals surface area contributed by atoms with Crippen LogP contribution in [0.5, 0.6) is 0 Å². The molecule has 3 aromatic rings. The van der Waals surface area contributed by atoms with E-state index in [4.69, 9.17) is 0 Å². The van der Waals surface area contributed by atoms with E-state index in [1.807, 2.05) is 18.2 Å². The van der Waals surface area contributed by atoms with Gasteiger partial charge in [0, 0.05) is 0 Å². The molecule has 42 heavy (non-hydrogen) atoms. The average molecular weight is 593 g/mol. The first-order valence-corrected chi connectivity index (χ1v) is 17.9. The fourth-order valence-electron chi connectivity index (χ4n) is 5.42. The third-order valence-electron chi connectivity index (χ3n) is 10.7. The average Bonchev–Trinajstić information content (AvgIpc) is 2.96. The molecule has 0 aliphatic heterocycles. The summed E-state index contributed by atoms with van der Waals surface area (Å²) in [5, 5.41) is 0.343. The van der Waals surface area contributed by atoms with Crippen LogP contribution in [0.1, 0.15) is 131 Å². The van der Waals surface area contributed by atoms with Gasteiger partial charge < -0.3 is 0 Å². The van der Waals surface area contributed by atoms with Gasteiger partial charge in [0.2, 0.25) is 0 Å². The molecule has 0 saturated carbocycles. The summed E-state index contributed by atoms with van der Waals surface area (Å²) in [5.74, 6) is 0. The van der Waals surface area contributed by atoms with Gasteiger partial charge in [0.1, 0.15) is 0 Å². The molecular weight excluding hydrogens is 535 g/mol. The van der Waals surface area contributed by atoms with E-state index in [1.54, 1.807) is 18.2 Å². The Morgan fingerprint density at radius 2 is 0.881 bits per heavy atom. The molecule has 232 valence electrons. The Hall–Kier alpha value is -2.03. The summed E-state index contributed by atoms with van der Waals surface area (Å²) in [6, 6.07) is 19.7. The van der Waals surface area contributed by atoms with Crippen LogP contribution < -0.4 is 10.6 Å². The zero-order chi connectivity index (χ0) is 32.0. The maximum absolute atomic E-state index is 12.1. The quantitative estimate of drug-likeness (QED) is 0.194. The van der Waals surface area contributed by atoms with Crippen molar-refractivity contribution in [2.75, 3.05) is 0 Å². The van der Waals surface area contributed by atoms with Gasteiger partial charge in [-0.25, -0.2) is 0 Å². The monoisotopic (exact) mass is 592 g/mol. The predicted molar refractivity (Wildman–Crippen MR) is 184 cm³/mol. The van der Waals surface area contributed by atoms with Crippen molar-refractivity contribution in [3.05, 3.63) is 82.9 Å². The van der Waals surface area contributed by atoms with Gasteiger partial charge in [0.25, 0.3) is 0 Å². The van der Waals surface area contributed by atoms with Crippen LogP contribution >= 0.6 is 7.28 Å². The van der Waals surface area contributed by atoms with E-state index < -0.39 is 7.28 Å². The van der Waals surface area contributed by atoms with Crippen LogP contribution in [0.2, 0.25) is 0 Å². The van der Waals surface area contributed by atoms with E-state index >= 15 is 0 Å². The van der Waals surface area contributed by atoms with Crippen molar-refractivity contribution in [2.24, 2.45) is 0 Å². The molecule has 0 fully saturated rings. The second-order valence-corrected chi connectivity index (χ2v) is 17.9. The molecular formula is C38H57O3P. The van der Waals surface area contributed by atoms with Crippen molar-refractivity contribution in [2.45, 2.75) is 130 Å². The van der Waals surface area contributed by atoms with E-state index in [2.05, 4.69) is 107 Å². The number of rotatable bonds is 11. The molecule has 0 aromatic heterocycles. The SMILES string of the molecule is CCC(C)(C)c1ccc(P(O)(O)(O)c2ccc(C(C)(C)CC)cc2-c2ccc(C(C)(C)CC)cc2C(C)(C)CC)cc1. The Morgan fingerprint density at radius 1 is 0.476 bits per heavy atom. The molecule has 0 aliphatic carbocycles. The summed E-state index contributed by atoms with van der Waals surface area (Å²) in [7, 11) is -5.52. The topological polar surface area (TPSA) is 60.7 Å². The Balaban J connectivity index is 2.43. The molecule has 0 heterocycles. The molecule has 3 N–H and O–H groups in total. The first kappa shape index (κ1) is 34.5. The van der Waals surface area contributed by atoms with Gasteiger partial charge >= 0.3 is 257 Å². The molecule has 0 bridgehead atoms. The zero-order valence-electron chi connectivity index (χ0n) is 28.4. The van der Waals surface area contributed by atoms with E-state index in [1.165, 1.54) is 5.56 Å². The fourth-order valence-corrected chi connectivity index (χ4v) is 7.37. The minimum absolute atomic E-state index is 0.00410. The second kappa shape index (κ2) is 11.5. The van der Waals surface area contributed by atoms with Crippen molar-refractivity contribution >= 4 is 17.9 Å². The molecule has 0 aliphatic rings. The van der Waals surface area contributed by atoms with Gasteiger partial charge in [0.05, 0.1) is 0 Å². The van der Waals surface area contributed by atoms with Gasteiger partial charge in [-0.3, -0.25) is 0 Å². The van der Waals surface area contributed by atoms with Crippen molar-refractivity contribution in [3.8, 4) is 11.1 Å². The number of benzene rings is 3. The van der Waals surface area contributed by atoms with E-state index in [0.29, 0.717) is 5.56 Å². The van der Waals surface area contributed by atoms with Crippen LogP contribution in [-0.4, -0.2) is 14.7 Å². The Labute approximate surface area is 256 Å². The molecule has 0 radical (unpaired) electrons. The van der Waals surface area contributed by atoms with Crippen LogP contribution in [0, 0.1) is 0 Å². The predicted octanol–water partition coefficient (Wildman–Crippen LogP) is 9.33. The summed E-state index contributed by atoms with van der Waals surface area (Å²) >= 11 is 0. The second-order valence-electron chi connectivity index (χ2n) is 15.0. The third kappa shape index (κ3) is 6.41. The molecule has 0 spiro atoms. The zero-order valence-corrected chi connectivity index (χ0v) is 29.3. The number of hydrogen-bond acceptors (Lipinski definition) is 3. The standard InChI is InChI=1S/C38H57O3P/c1-13-35(5,6)27-17-21-30(22-18-27)42(39,40,41)34-24-20-28(36(7,8)14-2)25-32(34)31-23-19-29(37(9,10)15-3)26-33(31)38(11,12)16-4/h17-26,39-41H,13-16H2,1-12H3. The number of hydrogen-bond donors (Lipinski definition) is 3. The molecule has 0 amide bonds. The van der Waals surface area contributed by atoms with Crippen molar-refractivity contribution in [1.29, 1.82) is 0 Å². The molecule has 4 heteroatoms. The van der Waals surface area contributed by atoms with E-state index in [-0.39, 0.29) is 32.3 Å². The molecule has 0 atom stereocenters. The molecule has 3 rings (SSSR count). The summed E-state index contributed by atoms with van der Waals surface area (Å²) in [6.07, 6.45) is 3.81. The molecule has 0 unspecified atom stereocenters. The minimum atomic E-state index is -5.52. The van der Waals surface area contributed by atoms with Crippen LogP contribution in [0.4, 0.5) is 0 Å². The normalized spacial score (nSPS) is 14.5. The van der Waals surface area contributed by atoms with Crippen LogP contribution in [0.3, 0.4) is 0 Å². The van der Waals surface area contributed by atoms with Crippen molar-refractivity contribution in [3.63, 3.8) is 0 Å². The molecule has 3 aromatic carbocycles. The maximum atomic E-state index is 12.1. The van der Waals surface area contributed by atoms with Gasteiger partial charge in [0.15, 0.2) is 0 Å². The Kier molecular flexibility index (Phi) is 9.42. The molecule has 0 saturated heterocycles. The van der Waals surface area contributed by atoms with Crippen molar-refractivity contribution < 1.29 is 14.7 Å². The van der Waals surface area contributed by atoms with Gasteiger partial charge in [-0.05, 0) is 0 Å². The summed E-state index contributed by atoms with van der Waals surface area (Å²) in [6.45, 7) is 26.5. The first-order chi connectivity index (χ1) is 19.2. The van der Waals surface area contributed by atoms with Crippen LogP contribution in [0.25, 0.3) is 11.1 Å². The first-order valence-electron chi connectivity index (χ1n) is 15.8. The van der Waals surface area contributed by atoms with Crippen LogP contribution in [-0.2, 0) is 21.7 Å². The Bertz CT molecular complexity index is 1400. The fraction of sp³-hybridized carbons (Fsp3) is 0.526. The van der Waals surface area contributed by atoms with E-state index in [9.17, 15) is 14.7 Å². The summed E-state index contributed by atoms with van der Waals surface area (Å²) in [4.78, 5) is 36.2. The van der Waals surface area contributed by atoms with Crippen molar-refractivity contribution in [1.82, 2.24) is 0 Å². The van der Waals surface area contributed by atoms with Crippen LogP contribution in [0.15, 0.2) is 60.7 Å². The van der Waals surface area contributed by atoms with Gasteiger partial charge in [-0.2, -0.15) is 0 Å². The summed E-state index contributed by atoms with van der Waals surface area (Å²) < 4.78 is 0. The Morgan fingerprint density at radius 3 is 1.36 bits per heavy atom. The molecule has 3 nitrogen and oxygen atoms in total. The summed E-state index contributed by atoms with van der Waals surface area (Å²) in [5.41, 5.74) is 5.91. The van der Waals surface area contributed by atoms with Gasteiger partial charge in [-0.15, -0.1) is 0 Å².